The molecule has 0 radical (unpaired) electrons. The van der Waals surface area contributed by atoms with E-state index in [-0.39, 0.29) is 12.5 Å². The third-order valence-corrected chi connectivity index (χ3v) is 6.38. The molecule has 1 atom stereocenters. The summed E-state index contributed by atoms with van der Waals surface area (Å²) in [5.41, 5.74) is 4.11. The summed E-state index contributed by atoms with van der Waals surface area (Å²) in [7, 11) is -3.73. The Morgan fingerprint density at radius 1 is 1.03 bits per heavy atom. The number of rotatable bonds is 9. The Labute approximate surface area is 191 Å². The maximum absolute atomic E-state index is 13.4. The molecular formula is C24H33N3O4S. The van der Waals surface area contributed by atoms with Crippen LogP contribution in [0.5, 0.6) is 0 Å². The predicted octanol–water partition coefficient (Wildman–Crippen LogP) is 2.93. The van der Waals surface area contributed by atoms with Crippen LogP contribution in [0.25, 0.3) is 0 Å². The van der Waals surface area contributed by atoms with Gasteiger partial charge in [0.1, 0.15) is 12.6 Å². The van der Waals surface area contributed by atoms with Crippen LogP contribution in [0.2, 0.25) is 0 Å². The number of carbonyl (C=O) groups excluding carboxylic acids is 2. The van der Waals surface area contributed by atoms with Gasteiger partial charge in [0, 0.05) is 13.1 Å². The fourth-order valence-electron chi connectivity index (χ4n) is 3.59. The standard InChI is InChI=1S/C24H33N3O4S/c1-7-25-24(29)20(5)26(15-21-10-8-9-17(2)14-21)23(28)16-27(32(6,30)31)22-12-11-18(3)13-19(22)4/h8-14,20H,7,15-16H2,1-6H3,(H,25,29). The molecule has 0 fully saturated rings. The van der Waals surface area contributed by atoms with Gasteiger partial charge in [-0.15, -0.1) is 0 Å². The minimum absolute atomic E-state index is 0.198. The van der Waals surface area contributed by atoms with Gasteiger partial charge in [-0.1, -0.05) is 47.5 Å². The molecule has 2 amide bonds. The molecule has 0 saturated carbocycles. The third-order valence-electron chi connectivity index (χ3n) is 5.25. The number of aryl methyl sites for hydroxylation is 3. The Morgan fingerprint density at radius 3 is 2.25 bits per heavy atom. The fourth-order valence-corrected chi connectivity index (χ4v) is 4.50. The van der Waals surface area contributed by atoms with Crippen LogP contribution < -0.4 is 9.62 Å². The highest BCUT2D eigenvalue weighted by atomic mass is 32.2. The van der Waals surface area contributed by atoms with Crippen molar-refractivity contribution in [2.24, 2.45) is 0 Å². The normalized spacial score (nSPS) is 12.2. The molecule has 0 aliphatic heterocycles. The van der Waals surface area contributed by atoms with Crippen molar-refractivity contribution in [3.63, 3.8) is 0 Å². The molecule has 1 N–H and O–H groups in total. The predicted molar refractivity (Wildman–Crippen MR) is 128 cm³/mol. The van der Waals surface area contributed by atoms with Crippen molar-refractivity contribution in [1.29, 1.82) is 0 Å². The fraction of sp³-hybridized carbons (Fsp3) is 0.417. The number of anilines is 1. The van der Waals surface area contributed by atoms with Crippen LogP contribution in [0.15, 0.2) is 42.5 Å². The van der Waals surface area contributed by atoms with Crippen molar-refractivity contribution in [2.75, 3.05) is 23.7 Å². The van der Waals surface area contributed by atoms with Gasteiger partial charge in [-0.05, 0) is 51.8 Å². The highest BCUT2D eigenvalue weighted by Crippen LogP contribution is 2.24. The zero-order valence-electron chi connectivity index (χ0n) is 19.7. The Balaban J connectivity index is 2.42. The summed E-state index contributed by atoms with van der Waals surface area (Å²) in [6, 6.07) is 12.3. The minimum Gasteiger partial charge on any atom is -0.355 e. The quantitative estimate of drug-likeness (QED) is 0.625. The van der Waals surface area contributed by atoms with E-state index in [1.54, 1.807) is 13.0 Å². The van der Waals surface area contributed by atoms with Gasteiger partial charge >= 0.3 is 0 Å². The van der Waals surface area contributed by atoms with E-state index in [4.69, 9.17) is 0 Å². The SMILES string of the molecule is CCNC(=O)C(C)N(Cc1cccc(C)c1)C(=O)CN(c1ccc(C)cc1C)S(C)(=O)=O. The van der Waals surface area contributed by atoms with Crippen LogP contribution in [0, 0.1) is 20.8 Å². The summed E-state index contributed by atoms with van der Waals surface area (Å²) < 4.78 is 26.3. The monoisotopic (exact) mass is 459 g/mol. The van der Waals surface area contributed by atoms with Gasteiger partial charge in [0.05, 0.1) is 11.9 Å². The van der Waals surface area contributed by atoms with Crippen molar-refractivity contribution >= 4 is 27.5 Å². The highest BCUT2D eigenvalue weighted by molar-refractivity contribution is 7.92. The zero-order chi connectivity index (χ0) is 24.1. The lowest BCUT2D eigenvalue weighted by atomic mass is 10.1. The molecule has 2 aromatic carbocycles. The third kappa shape index (κ3) is 6.56. The molecule has 32 heavy (non-hydrogen) atoms. The number of nitrogens with one attached hydrogen (secondary N) is 1. The van der Waals surface area contributed by atoms with E-state index in [1.807, 2.05) is 64.1 Å². The Morgan fingerprint density at radius 2 is 1.69 bits per heavy atom. The van der Waals surface area contributed by atoms with Gasteiger partial charge in [-0.2, -0.15) is 0 Å². The summed E-state index contributed by atoms with van der Waals surface area (Å²) in [6.45, 7) is 9.39. The molecule has 2 aromatic rings. The van der Waals surface area contributed by atoms with Crippen LogP contribution >= 0.6 is 0 Å². The molecule has 0 spiro atoms. The molecule has 0 heterocycles. The molecule has 1 unspecified atom stereocenters. The molecule has 174 valence electrons. The van der Waals surface area contributed by atoms with Crippen molar-refractivity contribution in [3.8, 4) is 0 Å². The maximum Gasteiger partial charge on any atom is 0.244 e. The van der Waals surface area contributed by atoms with Crippen molar-refractivity contribution in [1.82, 2.24) is 10.2 Å². The maximum atomic E-state index is 13.4. The lowest BCUT2D eigenvalue weighted by Gasteiger charge is -2.32. The Kier molecular flexibility index (Phi) is 8.44. The summed E-state index contributed by atoms with van der Waals surface area (Å²) >= 11 is 0. The van der Waals surface area contributed by atoms with Crippen LogP contribution in [-0.4, -0.2) is 50.5 Å². The smallest absolute Gasteiger partial charge is 0.244 e. The van der Waals surface area contributed by atoms with Crippen LogP contribution in [-0.2, 0) is 26.2 Å². The molecular weight excluding hydrogens is 426 g/mol. The molecule has 7 nitrogen and oxygen atoms in total. The van der Waals surface area contributed by atoms with Crippen molar-refractivity contribution in [3.05, 3.63) is 64.7 Å². The number of nitrogens with zero attached hydrogens (tertiary/aromatic N) is 2. The summed E-state index contributed by atoms with van der Waals surface area (Å²) in [6.07, 6.45) is 1.08. The first-order valence-corrected chi connectivity index (χ1v) is 12.5. The van der Waals surface area contributed by atoms with E-state index in [9.17, 15) is 18.0 Å². The molecule has 2 rings (SSSR count). The Bertz CT molecular complexity index is 1080. The average molecular weight is 460 g/mol. The molecule has 0 aliphatic rings. The molecule has 0 aromatic heterocycles. The van der Waals surface area contributed by atoms with Gasteiger partial charge < -0.3 is 10.2 Å². The number of carbonyl (C=O) groups is 2. The van der Waals surface area contributed by atoms with Gasteiger partial charge in [0.25, 0.3) is 0 Å². The minimum atomic E-state index is -3.73. The second-order valence-corrected chi connectivity index (χ2v) is 10.0. The van der Waals surface area contributed by atoms with Crippen LogP contribution in [0.1, 0.15) is 36.1 Å². The largest absolute Gasteiger partial charge is 0.355 e. The Hall–Kier alpha value is -2.87. The van der Waals surface area contributed by atoms with E-state index < -0.39 is 28.5 Å². The van der Waals surface area contributed by atoms with Crippen molar-refractivity contribution in [2.45, 2.75) is 47.2 Å². The summed E-state index contributed by atoms with van der Waals surface area (Å²) in [5, 5.41) is 2.74. The average Bonchev–Trinajstić information content (AvgIpc) is 2.69. The van der Waals surface area contributed by atoms with Gasteiger partial charge in [-0.25, -0.2) is 8.42 Å². The van der Waals surface area contributed by atoms with E-state index in [0.717, 1.165) is 32.8 Å². The molecule has 8 heteroatoms. The van der Waals surface area contributed by atoms with E-state index >= 15 is 0 Å². The van der Waals surface area contributed by atoms with E-state index in [2.05, 4.69) is 5.32 Å². The highest BCUT2D eigenvalue weighted by Gasteiger charge is 2.30. The van der Waals surface area contributed by atoms with Crippen molar-refractivity contribution < 1.29 is 18.0 Å². The van der Waals surface area contributed by atoms with Gasteiger partial charge in [0.2, 0.25) is 21.8 Å². The first-order valence-electron chi connectivity index (χ1n) is 10.6. The van der Waals surface area contributed by atoms with Crippen LogP contribution in [0.4, 0.5) is 5.69 Å². The number of sulfonamides is 1. The lowest BCUT2D eigenvalue weighted by molar-refractivity contribution is -0.139. The molecule has 0 aliphatic carbocycles. The van der Waals surface area contributed by atoms with E-state index in [0.29, 0.717) is 12.2 Å². The number of likely N-dealkylation sites (N-methyl/N-ethyl adjacent to an activating group) is 1. The summed E-state index contributed by atoms with van der Waals surface area (Å²) in [4.78, 5) is 27.4. The van der Waals surface area contributed by atoms with E-state index in [1.165, 1.54) is 4.90 Å². The number of hydrogen-bond acceptors (Lipinski definition) is 4. The number of hydrogen-bond donors (Lipinski definition) is 1. The van der Waals surface area contributed by atoms with Crippen LogP contribution in [0.3, 0.4) is 0 Å². The lowest BCUT2D eigenvalue weighted by Crippen LogP contribution is -2.51. The molecule has 0 bridgehead atoms. The number of benzene rings is 2. The second-order valence-electron chi connectivity index (χ2n) is 8.14. The topological polar surface area (TPSA) is 86.8 Å². The van der Waals surface area contributed by atoms with Gasteiger partial charge in [-0.3, -0.25) is 13.9 Å². The zero-order valence-corrected chi connectivity index (χ0v) is 20.5. The second kappa shape index (κ2) is 10.6. The van der Waals surface area contributed by atoms with Gasteiger partial charge in [0.15, 0.2) is 0 Å². The first kappa shape index (κ1) is 25.4. The first-order chi connectivity index (χ1) is 14.9. The summed E-state index contributed by atoms with van der Waals surface area (Å²) in [5.74, 6) is -0.735. The molecule has 0 saturated heterocycles. The number of amides is 2.